The summed E-state index contributed by atoms with van der Waals surface area (Å²) in [7, 11) is -5.60. The van der Waals surface area contributed by atoms with E-state index in [4.69, 9.17) is 4.74 Å². The number of ether oxygens (including phenoxy) is 2. The minimum atomic E-state index is -4.23. The summed E-state index contributed by atoms with van der Waals surface area (Å²) in [6.07, 6.45) is -0.179. The number of amides is 1. The molecule has 1 heterocycles. The molecule has 2 aromatic rings. The van der Waals surface area contributed by atoms with Crippen molar-refractivity contribution in [3.8, 4) is 5.75 Å². The standard InChI is InChI=1S/C18H18N2O8S2/c1-27-15-8-7-14(20-17(21)9-10-29(20,23)24)11-16(15)30(25,26)19-13-5-3-12(4-6-13)18(22)28-2/h3-8,11,19H,9-10H2,1-2H3. The Hall–Kier alpha value is -3.12. The highest BCUT2D eigenvalue weighted by Crippen LogP contribution is 2.33. The Morgan fingerprint density at radius 3 is 2.30 bits per heavy atom. The molecule has 0 saturated carbocycles. The van der Waals surface area contributed by atoms with Gasteiger partial charge in [0.15, 0.2) is 0 Å². The van der Waals surface area contributed by atoms with Crippen LogP contribution in [0.5, 0.6) is 5.75 Å². The number of sulfonamides is 2. The number of benzene rings is 2. The fourth-order valence-electron chi connectivity index (χ4n) is 2.87. The molecule has 12 heteroatoms. The monoisotopic (exact) mass is 454 g/mol. The van der Waals surface area contributed by atoms with Crippen LogP contribution in [0.2, 0.25) is 0 Å². The van der Waals surface area contributed by atoms with Crippen molar-refractivity contribution in [2.24, 2.45) is 0 Å². The number of rotatable bonds is 6. The predicted molar refractivity (Wildman–Crippen MR) is 107 cm³/mol. The van der Waals surface area contributed by atoms with Gasteiger partial charge in [0.05, 0.1) is 31.2 Å². The molecule has 0 unspecified atom stereocenters. The van der Waals surface area contributed by atoms with Crippen LogP contribution in [0.1, 0.15) is 16.8 Å². The summed E-state index contributed by atoms with van der Waals surface area (Å²) < 4.78 is 62.8. The molecule has 30 heavy (non-hydrogen) atoms. The molecule has 0 spiro atoms. The molecule has 0 aliphatic carbocycles. The van der Waals surface area contributed by atoms with E-state index in [1.807, 2.05) is 0 Å². The molecule has 10 nitrogen and oxygen atoms in total. The third-order valence-corrected chi connectivity index (χ3v) is 7.40. The number of methoxy groups -OCH3 is 2. The van der Waals surface area contributed by atoms with Gasteiger partial charge >= 0.3 is 5.97 Å². The zero-order valence-corrected chi connectivity index (χ0v) is 17.6. The smallest absolute Gasteiger partial charge is 0.337 e. The van der Waals surface area contributed by atoms with Crippen LogP contribution in [-0.4, -0.2) is 48.7 Å². The highest BCUT2D eigenvalue weighted by Gasteiger charge is 2.37. The predicted octanol–water partition coefficient (Wildman–Crippen LogP) is 1.35. The zero-order valence-electron chi connectivity index (χ0n) is 16.0. The van der Waals surface area contributed by atoms with Gasteiger partial charge in [0.1, 0.15) is 10.6 Å². The van der Waals surface area contributed by atoms with E-state index in [2.05, 4.69) is 9.46 Å². The molecule has 0 bridgehead atoms. The van der Waals surface area contributed by atoms with Crippen LogP contribution in [0.3, 0.4) is 0 Å². The second-order valence-electron chi connectivity index (χ2n) is 6.23. The molecule has 1 fully saturated rings. The molecule has 160 valence electrons. The van der Waals surface area contributed by atoms with Gasteiger partial charge in [-0.1, -0.05) is 0 Å². The van der Waals surface area contributed by atoms with E-state index in [0.29, 0.717) is 4.31 Å². The number of hydrogen-bond acceptors (Lipinski definition) is 8. The quantitative estimate of drug-likeness (QED) is 0.646. The summed E-state index contributed by atoms with van der Waals surface area (Å²) >= 11 is 0. The summed E-state index contributed by atoms with van der Waals surface area (Å²) in [5.74, 6) is -1.60. The average Bonchev–Trinajstić information content (AvgIpc) is 2.99. The van der Waals surface area contributed by atoms with Gasteiger partial charge in [-0.2, -0.15) is 0 Å². The molecule has 1 saturated heterocycles. The maximum Gasteiger partial charge on any atom is 0.337 e. The number of carbonyl (C=O) groups excluding carboxylic acids is 2. The van der Waals surface area contributed by atoms with Crippen molar-refractivity contribution in [1.29, 1.82) is 0 Å². The first-order chi connectivity index (χ1) is 14.1. The fraction of sp³-hybridized carbons (Fsp3) is 0.222. The normalized spacial score (nSPS) is 15.7. The van der Waals surface area contributed by atoms with Crippen molar-refractivity contribution in [2.45, 2.75) is 11.3 Å². The summed E-state index contributed by atoms with van der Waals surface area (Å²) in [4.78, 5) is 23.2. The molecule has 2 aromatic carbocycles. The first-order valence-corrected chi connectivity index (χ1v) is 11.6. The lowest BCUT2D eigenvalue weighted by Crippen LogP contribution is -2.29. The molecule has 0 atom stereocenters. The number of anilines is 2. The van der Waals surface area contributed by atoms with Crippen molar-refractivity contribution in [3.63, 3.8) is 0 Å². The average molecular weight is 454 g/mol. The summed E-state index contributed by atoms with van der Waals surface area (Å²) in [5.41, 5.74) is 0.289. The van der Waals surface area contributed by atoms with Crippen molar-refractivity contribution in [3.05, 3.63) is 48.0 Å². The summed E-state index contributed by atoms with van der Waals surface area (Å²) in [5, 5.41) is 0. The van der Waals surface area contributed by atoms with Crippen molar-refractivity contribution in [1.82, 2.24) is 0 Å². The lowest BCUT2D eigenvalue weighted by molar-refractivity contribution is -0.116. The Kier molecular flexibility index (Phi) is 5.72. The number of esters is 1. The number of hydrogen-bond donors (Lipinski definition) is 1. The van der Waals surface area contributed by atoms with Crippen LogP contribution in [0.25, 0.3) is 0 Å². The first kappa shape index (κ1) is 21.6. The molecule has 0 radical (unpaired) electrons. The number of nitrogens with one attached hydrogen (secondary N) is 1. The third-order valence-electron chi connectivity index (χ3n) is 4.31. The minimum absolute atomic E-state index is 0.0403. The van der Waals surface area contributed by atoms with E-state index in [9.17, 15) is 26.4 Å². The van der Waals surface area contributed by atoms with Crippen molar-refractivity contribution >= 4 is 43.3 Å². The molecule has 1 amide bonds. The van der Waals surface area contributed by atoms with Gasteiger partial charge in [0.2, 0.25) is 15.9 Å². The second-order valence-corrected chi connectivity index (χ2v) is 9.82. The van der Waals surface area contributed by atoms with Crippen LogP contribution in [0, 0.1) is 0 Å². The molecule has 0 aromatic heterocycles. The molecular weight excluding hydrogens is 436 g/mol. The highest BCUT2D eigenvalue weighted by atomic mass is 32.2. The van der Waals surface area contributed by atoms with E-state index in [1.54, 1.807) is 0 Å². The largest absolute Gasteiger partial charge is 0.495 e. The molecular formula is C18H18N2O8S2. The number of carbonyl (C=O) groups is 2. The highest BCUT2D eigenvalue weighted by molar-refractivity contribution is 7.94. The SMILES string of the molecule is COC(=O)c1ccc(NS(=O)(=O)c2cc(N3C(=O)CCS3(=O)=O)ccc2OC)cc1. The maximum absolute atomic E-state index is 12.9. The first-order valence-electron chi connectivity index (χ1n) is 8.54. The Morgan fingerprint density at radius 2 is 1.77 bits per heavy atom. The Morgan fingerprint density at radius 1 is 1.10 bits per heavy atom. The topological polar surface area (TPSA) is 136 Å². The van der Waals surface area contributed by atoms with Crippen molar-refractivity contribution in [2.75, 3.05) is 29.0 Å². The van der Waals surface area contributed by atoms with E-state index in [-0.39, 0.29) is 39.8 Å². The van der Waals surface area contributed by atoms with Gasteiger partial charge in [0.25, 0.3) is 10.0 Å². The lowest BCUT2D eigenvalue weighted by atomic mass is 10.2. The van der Waals surface area contributed by atoms with Gasteiger partial charge in [-0.3, -0.25) is 9.52 Å². The van der Waals surface area contributed by atoms with Crippen LogP contribution >= 0.6 is 0 Å². The molecule has 1 aliphatic rings. The van der Waals surface area contributed by atoms with Gasteiger partial charge in [-0.05, 0) is 42.5 Å². The number of nitrogens with zero attached hydrogens (tertiary/aromatic N) is 1. The summed E-state index contributed by atoms with van der Waals surface area (Å²) in [6.45, 7) is 0. The van der Waals surface area contributed by atoms with E-state index >= 15 is 0 Å². The Bertz CT molecular complexity index is 1210. The molecule has 3 rings (SSSR count). The lowest BCUT2D eigenvalue weighted by Gasteiger charge is -2.18. The van der Waals surface area contributed by atoms with Crippen LogP contribution < -0.4 is 13.8 Å². The van der Waals surface area contributed by atoms with Crippen molar-refractivity contribution < 1.29 is 35.9 Å². The molecule has 1 aliphatic heterocycles. The van der Waals surface area contributed by atoms with Crippen LogP contribution in [-0.2, 0) is 29.6 Å². The fourth-order valence-corrected chi connectivity index (χ4v) is 5.57. The summed E-state index contributed by atoms with van der Waals surface area (Å²) in [6, 6.07) is 9.13. The maximum atomic E-state index is 12.9. The van der Waals surface area contributed by atoms with Crippen LogP contribution in [0.4, 0.5) is 11.4 Å². The minimum Gasteiger partial charge on any atom is -0.495 e. The van der Waals surface area contributed by atoms with Gasteiger partial charge in [0, 0.05) is 12.1 Å². The Balaban J connectivity index is 1.98. The third kappa shape index (κ3) is 4.09. The second kappa shape index (κ2) is 7.95. The van der Waals surface area contributed by atoms with Crippen LogP contribution in [0.15, 0.2) is 47.4 Å². The van der Waals surface area contributed by atoms with E-state index < -0.39 is 31.9 Å². The van der Waals surface area contributed by atoms with E-state index in [1.165, 1.54) is 50.6 Å². The molecule has 1 N–H and O–H groups in total. The zero-order chi connectivity index (χ0) is 22.1. The van der Waals surface area contributed by atoms with Gasteiger partial charge in [-0.15, -0.1) is 0 Å². The Labute approximate surface area is 173 Å². The van der Waals surface area contributed by atoms with Gasteiger partial charge in [-0.25, -0.2) is 25.9 Å². The van der Waals surface area contributed by atoms with E-state index in [0.717, 1.165) is 6.07 Å². The van der Waals surface area contributed by atoms with Gasteiger partial charge < -0.3 is 9.47 Å².